The van der Waals surface area contributed by atoms with Crippen molar-refractivity contribution in [2.24, 2.45) is 5.73 Å². The van der Waals surface area contributed by atoms with E-state index in [2.05, 4.69) is 5.32 Å². The van der Waals surface area contributed by atoms with Crippen molar-refractivity contribution < 1.29 is 4.79 Å². The molecule has 0 heterocycles. The molecule has 0 fully saturated rings. The zero-order valence-electron chi connectivity index (χ0n) is 11.4. The fraction of sp³-hybridized carbons (Fsp3) is 0.188. The van der Waals surface area contributed by atoms with E-state index in [9.17, 15) is 4.79 Å². The van der Waals surface area contributed by atoms with Crippen molar-refractivity contribution in [3.8, 4) is 0 Å². The molecule has 0 spiro atoms. The Morgan fingerprint density at radius 3 is 2.48 bits per heavy atom. The first-order valence-corrected chi connectivity index (χ1v) is 7.37. The average molecular weight is 323 g/mol. The van der Waals surface area contributed by atoms with Gasteiger partial charge in [0.15, 0.2) is 0 Å². The van der Waals surface area contributed by atoms with Crippen LogP contribution in [0.25, 0.3) is 0 Å². The van der Waals surface area contributed by atoms with Crippen molar-refractivity contribution in [3.05, 3.63) is 64.1 Å². The van der Waals surface area contributed by atoms with E-state index in [4.69, 9.17) is 28.9 Å². The third kappa shape index (κ3) is 4.74. The molecule has 0 aliphatic heterocycles. The first-order valence-electron chi connectivity index (χ1n) is 6.61. The van der Waals surface area contributed by atoms with E-state index in [1.54, 1.807) is 18.2 Å². The molecule has 0 unspecified atom stereocenters. The van der Waals surface area contributed by atoms with E-state index in [1.807, 2.05) is 30.3 Å². The molecule has 0 saturated carbocycles. The van der Waals surface area contributed by atoms with E-state index in [-0.39, 0.29) is 5.91 Å². The number of halogens is 2. The van der Waals surface area contributed by atoms with Crippen LogP contribution in [0, 0.1) is 0 Å². The standard InChI is InChI=1S/C16H16Cl2N2O/c17-13-8-7-12(10-14(13)18)20-16(21)15(19)9-6-11-4-2-1-3-5-11/h1-5,7-8,10,15H,6,9,19H2,(H,20,21)/t15-/m0/s1. The Morgan fingerprint density at radius 2 is 1.81 bits per heavy atom. The van der Waals surface area contributed by atoms with Crippen LogP contribution in [-0.2, 0) is 11.2 Å². The first-order chi connectivity index (χ1) is 10.1. The van der Waals surface area contributed by atoms with Crippen molar-refractivity contribution >= 4 is 34.8 Å². The first kappa shape index (κ1) is 15.8. The molecule has 0 aliphatic rings. The Labute approximate surface area is 134 Å². The topological polar surface area (TPSA) is 55.1 Å². The Balaban J connectivity index is 1.89. The molecule has 2 aromatic rings. The average Bonchev–Trinajstić information content (AvgIpc) is 2.49. The van der Waals surface area contributed by atoms with Gasteiger partial charge in [-0.3, -0.25) is 4.79 Å². The van der Waals surface area contributed by atoms with Gasteiger partial charge in [0.2, 0.25) is 5.91 Å². The SMILES string of the molecule is N[C@@H](CCc1ccccc1)C(=O)Nc1ccc(Cl)c(Cl)c1. The monoisotopic (exact) mass is 322 g/mol. The van der Waals surface area contributed by atoms with Gasteiger partial charge in [-0.1, -0.05) is 53.5 Å². The fourth-order valence-electron chi connectivity index (χ4n) is 1.91. The van der Waals surface area contributed by atoms with Gasteiger partial charge in [-0.05, 0) is 36.6 Å². The number of aryl methyl sites for hydroxylation is 1. The molecule has 1 amide bonds. The minimum atomic E-state index is -0.570. The van der Waals surface area contributed by atoms with E-state index < -0.39 is 6.04 Å². The minimum Gasteiger partial charge on any atom is -0.325 e. The van der Waals surface area contributed by atoms with Crippen molar-refractivity contribution in [1.82, 2.24) is 0 Å². The summed E-state index contributed by atoms with van der Waals surface area (Å²) in [6.45, 7) is 0. The second-order valence-corrected chi connectivity index (χ2v) is 5.56. The number of nitrogens with two attached hydrogens (primary N) is 1. The molecule has 0 aliphatic carbocycles. The van der Waals surface area contributed by atoms with E-state index >= 15 is 0 Å². The highest BCUT2D eigenvalue weighted by Crippen LogP contribution is 2.25. The predicted molar refractivity (Wildman–Crippen MR) is 87.8 cm³/mol. The number of carbonyl (C=O) groups is 1. The van der Waals surface area contributed by atoms with Crippen molar-refractivity contribution in [2.45, 2.75) is 18.9 Å². The molecular weight excluding hydrogens is 307 g/mol. The van der Waals surface area contributed by atoms with Gasteiger partial charge in [0.05, 0.1) is 16.1 Å². The third-order valence-electron chi connectivity index (χ3n) is 3.11. The molecule has 0 saturated heterocycles. The second-order valence-electron chi connectivity index (χ2n) is 4.75. The lowest BCUT2D eigenvalue weighted by Gasteiger charge is -2.12. The normalized spacial score (nSPS) is 12.0. The number of benzene rings is 2. The van der Waals surface area contributed by atoms with Crippen molar-refractivity contribution in [1.29, 1.82) is 0 Å². The summed E-state index contributed by atoms with van der Waals surface area (Å²) in [4.78, 5) is 12.0. The van der Waals surface area contributed by atoms with Gasteiger partial charge in [0.1, 0.15) is 0 Å². The van der Waals surface area contributed by atoms with Crippen LogP contribution in [0.3, 0.4) is 0 Å². The van der Waals surface area contributed by atoms with Crippen molar-refractivity contribution in [3.63, 3.8) is 0 Å². The zero-order chi connectivity index (χ0) is 15.2. The zero-order valence-corrected chi connectivity index (χ0v) is 12.9. The summed E-state index contributed by atoms with van der Waals surface area (Å²) in [5.41, 5.74) is 7.66. The molecule has 3 N–H and O–H groups in total. The second kappa shape index (κ2) is 7.46. The summed E-state index contributed by atoms with van der Waals surface area (Å²) in [6, 6.07) is 14.3. The number of rotatable bonds is 5. The molecule has 5 heteroatoms. The van der Waals surface area contributed by atoms with Gasteiger partial charge < -0.3 is 11.1 Å². The smallest absolute Gasteiger partial charge is 0.241 e. The highest BCUT2D eigenvalue weighted by atomic mass is 35.5. The molecule has 1 atom stereocenters. The van der Waals surface area contributed by atoms with Crippen LogP contribution in [0.1, 0.15) is 12.0 Å². The Bertz CT molecular complexity index is 617. The maximum absolute atomic E-state index is 12.0. The lowest BCUT2D eigenvalue weighted by atomic mass is 10.1. The summed E-state index contributed by atoms with van der Waals surface area (Å²) < 4.78 is 0. The van der Waals surface area contributed by atoms with E-state index in [0.717, 1.165) is 12.0 Å². The molecule has 2 rings (SSSR count). The number of amides is 1. The number of anilines is 1. The summed E-state index contributed by atoms with van der Waals surface area (Å²) in [7, 11) is 0. The fourth-order valence-corrected chi connectivity index (χ4v) is 2.20. The van der Waals surface area contributed by atoms with Crippen LogP contribution < -0.4 is 11.1 Å². The van der Waals surface area contributed by atoms with Crippen LogP contribution >= 0.6 is 23.2 Å². The highest BCUT2D eigenvalue weighted by molar-refractivity contribution is 6.42. The summed E-state index contributed by atoms with van der Waals surface area (Å²) >= 11 is 11.7. The van der Waals surface area contributed by atoms with Gasteiger partial charge >= 0.3 is 0 Å². The Morgan fingerprint density at radius 1 is 1.10 bits per heavy atom. The van der Waals surface area contributed by atoms with Gasteiger partial charge in [0.25, 0.3) is 0 Å². The maximum Gasteiger partial charge on any atom is 0.241 e. The van der Waals surface area contributed by atoms with Crippen LogP contribution in [-0.4, -0.2) is 11.9 Å². The molecule has 2 aromatic carbocycles. The molecule has 0 bridgehead atoms. The highest BCUT2D eigenvalue weighted by Gasteiger charge is 2.14. The minimum absolute atomic E-state index is 0.232. The number of hydrogen-bond acceptors (Lipinski definition) is 2. The molecule has 0 radical (unpaired) electrons. The van der Waals surface area contributed by atoms with Crippen LogP contribution in [0.15, 0.2) is 48.5 Å². The van der Waals surface area contributed by atoms with Gasteiger partial charge in [-0.25, -0.2) is 0 Å². The number of hydrogen-bond donors (Lipinski definition) is 2. The quantitative estimate of drug-likeness (QED) is 0.877. The largest absolute Gasteiger partial charge is 0.325 e. The molecule has 110 valence electrons. The van der Waals surface area contributed by atoms with Crippen LogP contribution in [0.2, 0.25) is 10.0 Å². The van der Waals surface area contributed by atoms with Gasteiger partial charge in [-0.15, -0.1) is 0 Å². The molecule has 21 heavy (non-hydrogen) atoms. The van der Waals surface area contributed by atoms with Gasteiger partial charge in [-0.2, -0.15) is 0 Å². The van der Waals surface area contributed by atoms with Crippen molar-refractivity contribution in [2.75, 3.05) is 5.32 Å². The summed E-state index contributed by atoms with van der Waals surface area (Å²) in [5, 5.41) is 3.58. The molecule has 3 nitrogen and oxygen atoms in total. The maximum atomic E-state index is 12.0. The number of nitrogens with one attached hydrogen (secondary N) is 1. The van der Waals surface area contributed by atoms with Gasteiger partial charge in [0, 0.05) is 5.69 Å². The van der Waals surface area contributed by atoms with E-state index in [1.165, 1.54) is 0 Å². The third-order valence-corrected chi connectivity index (χ3v) is 3.85. The van der Waals surface area contributed by atoms with Crippen LogP contribution in [0.4, 0.5) is 5.69 Å². The lowest BCUT2D eigenvalue weighted by Crippen LogP contribution is -2.36. The summed E-state index contributed by atoms with van der Waals surface area (Å²) in [5.74, 6) is -0.232. The van der Waals surface area contributed by atoms with E-state index in [0.29, 0.717) is 22.2 Å². The molecule has 0 aromatic heterocycles. The molecular formula is C16H16Cl2N2O. The Hall–Kier alpha value is -1.55. The Kier molecular flexibility index (Phi) is 5.62. The van der Waals surface area contributed by atoms with Crippen LogP contribution in [0.5, 0.6) is 0 Å². The summed E-state index contributed by atoms with van der Waals surface area (Å²) in [6.07, 6.45) is 1.34. The lowest BCUT2D eigenvalue weighted by molar-refractivity contribution is -0.117. The predicted octanol–water partition coefficient (Wildman–Crippen LogP) is 3.89. The number of carbonyl (C=O) groups excluding carboxylic acids is 1.